The van der Waals surface area contributed by atoms with Gasteiger partial charge in [-0.15, -0.1) is 11.3 Å². The van der Waals surface area contributed by atoms with E-state index in [0.717, 1.165) is 10.6 Å². The molecule has 2 heterocycles. The summed E-state index contributed by atoms with van der Waals surface area (Å²) in [6.07, 6.45) is 0. The minimum absolute atomic E-state index is 0.0188. The molecule has 0 bridgehead atoms. The second-order valence-corrected chi connectivity index (χ2v) is 8.05. The maximum atomic E-state index is 13.3. The smallest absolute Gasteiger partial charge is 0.269 e. The number of nitrogens with zero attached hydrogens (tertiary/aromatic N) is 2. The van der Waals surface area contributed by atoms with E-state index in [1.54, 1.807) is 35.6 Å². The molecular formula is C19H16ClN3O3S. The highest BCUT2D eigenvalue weighted by molar-refractivity contribution is 7.10. The van der Waals surface area contributed by atoms with Crippen LogP contribution >= 0.6 is 22.9 Å². The van der Waals surface area contributed by atoms with Crippen LogP contribution in [-0.4, -0.2) is 18.0 Å². The molecule has 0 radical (unpaired) electrons. The molecule has 1 saturated heterocycles. The van der Waals surface area contributed by atoms with Crippen LogP contribution in [0.25, 0.3) is 0 Å². The molecule has 1 aromatic heterocycles. The van der Waals surface area contributed by atoms with Crippen LogP contribution in [0.15, 0.2) is 66.0 Å². The zero-order chi connectivity index (χ0) is 19.1. The molecule has 27 heavy (non-hydrogen) atoms. The van der Waals surface area contributed by atoms with Crippen molar-refractivity contribution in [1.29, 1.82) is 0 Å². The number of quaternary nitrogens is 1. The molecule has 1 fully saturated rings. The minimum atomic E-state index is -0.531. The Morgan fingerprint density at radius 2 is 1.74 bits per heavy atom. The number of nitro groups is 1. The molecule has 0 spiro atoms. The van der Waals surface area contributed by atoms with Crippen LogP contribution in [0.2, 0.25) is 5.02 Å². The molecule has 1 N–H and O–H groups in total. The van der Waals surface area contributed by atoms with Crippen molar-refractivity contribution >= 4 is 40.0 Å². The molecule has 4 rings (SSSR count). The Morgan fingerprint density at radius 1 is 1.07 bits per heavy atom. The van der Waals surface area contributed by atoms with Gasteiger partial charge >= 0.3 is 0 Å². The van der Waals surface area contributed by atoms with Crippen molar-refractivity contribution in [2.24, 2.45) is 0 Å². The van der Waals surface area contributed by atoms with E-state index >= 15 is 0 Å². The number of hydrogen-bond donors (Lipinski definition) is 1. The highest BCUT2D eigenvalue weighted by Gasteiger charge is 2.54. The maximum absolute atomic E-state index is 13.3. The van der Waals surface area contributed by atoms with Crippen LogP contribution in [0, 0.1) is 15.3 Å². The van der Waals surface area contributed by atoms with Gasteiger partial charge in [0, 0.05) is 39.9 Å². The van der Waals surface area contributed by atoms with Gasteiger partial charge < -0.3 is 15.2 Å². The number of halogens is 1. The maximum Gasteiger partial charge on any atom is 0.269 e. The van der Waals surface area contributed by atoms with Gasteiger partial charge in [-0.1, -0.05) is 17.7 Å². The Labute approximate surface area is 164 Å². The van der Waals surface area contributed by atoms with Gasteiger partial charge in [-0.25, -0.2) is 0 Å². The molecule has 0 aliphatic carbocycles. The summed E-state index contributed by atoms with van der Waals surface area (Å²) < 4.78 is -0.531. The summed E-state index contributed by atoms with van der Waals surface area (Å²) in [5, 5.41) is 30.3. The first-order valence-corrected chi connectivity index (χ1v) is 9.57. The van der Waals surface area contributed by atoms with Gasteiger partial charge in [-0.2, -0.15) is 0 Å². The second kappa shape index (κ2) is 6.61. The van der Waals surface area contributed by atoms with Crippen molar-refractivity contribution in [3.05, 3.63) is 91.3 Å². The topological polar surface area (TPSA) is 78.2 Å². The van der Waals surface area contributed by atoms with Crippen molar-refractivity contribution in [3.8, 4) is 0 Å². The number of nitrogens with one attached hydrogen (secondary N) is 1. The fraction of sp³-hybridized carbons (Fsp3) is 0.158. The summed E-state index contributed by atoms with van der Waals surface area (Å²) in [6.45, 7) is 0.599. The SMILES string of the molecule is O=[N+]([O-])c1ccc([N+]2([O-])CC(Nc3ccc(Cl)cc3)(c3cccs3)C2)cc1. The highest BCUT2D eigenvalue weighted by atomic mass is 35.5. The number of nitro benzene ring substituents is 1. The van der Waals surface area contributed by atoms with Crippen LogP contribution in [0.3, 0.4) is 0 Å². The monoisotopic (exact) mass is 401 g/mol. The summed E-state index contributed by atoms with van der Waals surface area (Å²) in [7, 11) is 0. The molecule has 8 heteroatoms. The van der Waals surface area contributed by atoms with Crippen LogP contribution in [0.1, 0.15) is 4.88 Å². The first-order valence-electron chi connectivity index (χ1n) is 8.31. The molecule has 138 valence electrons. The summed E-state index contributed by atoms with van der Waals surface area (Å²) in [5.41, 5.74) is 0.911. The van der Waals surface area contributed by atoms with Crippen molar-refractivity contribution in [3.63, 3.8) is 0 Å². The Balaban J connectivity index is 1.61. The molecule has 0 amide bonds. The van der Waals surface area contributed by atoms with E-state index in [4.69, 9.17) is 11.6 Å². The van der Waals surface area contributed by atoms with E-state index in [2.05, 4.69) is 5.32 Å². The van der Waals surface area contributed by atoms with Crippen molar-refractivity contribution in [2.45, 2.75) is 5.54 Å². The summed E-state index contributed by atoms with van der Waals surface area (Å²) in [6, 6.07) is 17.2. The zero-order valence-corrected chi connectivity index (χ0v) is 15.7. The van der Waals surface area contributed by atoms with Crippen LogP contribution in [0.4, 0.5) is 17.1 Å². The van der Waals surface area contributed by atoms with Gasteiger partial charge in [0.1, 0.15) is 18.8 Å². The lowest BCUT2D eigenvalue weighted by atomic mass is 9.86. The van der Waals surface area contributed by atoms with Gasteiger partial charge in [-0.05, 0) is 35.7 Å². The quantitative estimate of drug-likeness (QED) is 0.278. The Morgan fingerprint density at radius 3 is 2.30 bits per heavy atom. The fourth-order valence-corrected chi connectivity index (χ4v) is 4.50. The molecular weight excluding hydrogens is 386 g/mol. The first-order chi connectivity index (χ1) is 12.9. The number of thiophene rings is 1. The van der Waals surface area contributed by atoms with E-state index < -0.39 is 15.1 Å². The summed E-state index contributed by atoms with van der Waals surface area (Å²) in [4.78, 5) is 11.5. The molecule has 2 aromatic carbocycles. The highest BCUT2D eigenvalue weighted by Crippen LogP contribution is 2.45. The van der Waals surface area contributed by atoms with E-state index in [-0.39, 0.29) is 5.69 Å². The molecule has 0 unspecified atom stereocenters. The lowest BCUT2D eigenvalue weighted by molar-refractivity contribution is -0.384. The number of benzene rings is 2. The largest absolute Gasteiger partial charge is 0.627 e. The van der Waals surface area contributed by atoms with Crippen LogP contribution < -0.4 is 9.96 Å². The Hall–Kier alpha value is -2.45. The lowest BCUT2D eigenvalue weighted by Gasteiger charge is -2.59. The molecule has 3 aromatic rings. The van der Waals surface area contributed by atoms with Gasteiger partial charge in [0.25, 0.3) is 5.69 Å². The van der Waals surface area contributed by atoms with E-state index in [1.807, 2.05) is 29.6 Å². The first kappa shape index (κ1) is 17.9. The molecule has 1 aliphatic rings. The van der Waals surface area contributed by atoms with E-state index in [9.17, 15) is 15.3 Å². The third-order valence-electron chi connectivity index (χ3n) is 4.80. The second-order valence-electron chi connectivity index (χ2n) is 6.67. The Kier molecular flexibility index (Phi) is 4.39. The fourth-order valence-electron chi connectivity index (χ4n) is 3.51. The lowest BCUT2D eigenvalue weighted by Crippen LogP contribution is -2.72. The minimum Gasteiger partial charge on any atom is -0.627 e. The normalized spacial score (nSPS) is 24.2. The molecule has 0 saturated carbocycles. The number of anilines is 1. The average molecular weight is 402 g/mol. The predicted octanol–water partition coefficient (Wildman–Crippen LogP) is 5.14. The van der Waals surface area contributed by atoms with E-state index in [0.29, 0.717) is 23.8 Å². The molecule has 0 atom stereocenters. The molecule has 6 nitrogen and oxygen atoms in total. The van der Waals surface area contributed by atoms with Crippen molar-refractivity contribution < 1.29 is 4.92 Å². The third-order valence-corrected chi connectivity index (χ3v) is 6.13. The summed E-state index contributed by atoms with van der Waals surface area (Å²) >= 11 is 7.57. The summed E-state index contributed by atoms with van der Waals surface area (Å²) in [5.74, 6) is 0. The molecule has 1 aliphatic heterocycles. The van der Waals surface area contributed by atoms with Crippen LogP contribution in [-0.2, 0) is 5.54 Å². The van der Waals surface area contributed by atoms with Gasteiger partial charge in [0.05, 0.1) is 4.92 Å². The van der Waals surface area contributed by atoms with Gasteiger partial charge in [0.15, 0.2) is 5.54 Å². The van der Waals surface area contributed by atoms with Gasteiger partial charge in [-0.3, -0.25) is 10.1 Å². The third kappa shape index (κ3) is 3.30. The number of hydrogen-bond acceptors (Lipinski definition) is 5. The average Bonchev–Trinajstić information content (AvgIpc) is 3.17. The van der Waals surface area contributed by atoms with Crippen molar-refractivity contribution in [2.75, 3.05) is 18.4 Å². The van der Waals surface area contributed by atoms with E-state index in [1.165, 1.54) is 12.1 Å². The Bertz CT molecular complexity index is 953. The standard InChI is InChI=1S/C19H16ClN3O3S/c20-14-3-5-15(6-4-14)21-19(18-2-1-11-27-18)12-23(26,13-19)17-9-7-16(8-10-17)22(24)25/h1-11,21H,12-13H2. The predicted molar refractivity (Wildman–Crippen MR) is 109 cm³/mol. The number of rotatable bonds is 5. The van der Waals surface area contributed by atoms with Crippen LogP contribution in [0.5, 0.6) is 0 Å². The zero-order valence-electron chi connectivity index (χ0n) is 14.2. The number of non-ortho nitro benzene ring substituents is 1. The van der Waals surface area contributed by atoms with Gasteiger partial charge in [0.2, 0.25) is 0 Å². The number of hydroxylamine groups is 2. The van der Waals surface area contributed by atoms with Crippen molar-refractivity contribution in [1.82, 2.24) is 4.65 Å².